The van der Waals surface area contributed by atoms with Crippen molar-refractivity contribution in [3.63, 3.8) is 0 Å². The molecule has 0 bridgehead atoms. The Morgan fingerprint density at radius 2 is 2.18 bits per heavy atom. The lowest BCUT2D eigenvalue weighted by atomic mass is 10.2. The van der Waals surface area contributed by atoms with Gasteiger partial charge in [-0.3, -0.25) is 4.90 Å². The molecular formula is C15H27IN4OS. The first kappa shape index (κ1) is 19.7. The fourth-order valence-electron chi connectivity index (χ4n) is 2.29. The Bertz CT molecular complexity index is 421. The third-order valence-electron chi connectivity index (χ3n) is 3.58. The third-order valence-corrected chi connectivity index (χ3v) is 4.31. The molecule has 126 valence electrons. The highest BCUT2D eigenvalue weighted by atomic mass is 127. The Labute approximate surface area is 154 Å². The Balaban J connectivity index is 0.00000242. The molecule has 0 aromatic carbocycles. The molecule has 1 aliphatic heterocycles. The van der Waals surface area contributed by atoms with Crippen molar-refractivity contribution in [1.82, 2.24) is 15.5 Å². The van der Waals surface area contributed by atoms with Crippen LogP contribution < -0.4 is 10.6 Å². The fourth-order valence-corrected chi connectivity index (χ4v) is 2.95. The van der Waals surface area contributed by atoms with Crippen LogP contribution >= 0.6 is 35.3 Å². The molecule has 5 nitrogen and oxygen atoms in total. The minimum Gasteiger partial charge on any atom is -0.379 e. The van der Waals surface area contributed by atoms with Gasteiger partial charge in [0.25, 0.3) is 0 Å². The van der Waals surface area contributed by atoms with Gasteiger partial charge in [-0.1, -0.05) is 0 Å². The van der Waals surface area contributed by atoms with E-state index < -0.39 is 0 Å². The molecule has 1 fully saturated rings. The molecule has 0 radical (unpaired) electrons. The van der Waals surface area contributed by atoms with E-state index in [1.807, 2.05) is 0 Å². The number of thiophene rings is 1. The second-order valence-electron chi connectivity index (χ2n) is 5.21. The maximum atomic E-state index is 5.40. The van der Waals surface area contributed by atoms with Crippen molar-refractivity contribution in [3.8, 4) is 0 Å². The van der Waals surface area contributed by atoms with Crippen molar-refractivity contribution < 1.29 is 4.74 Å². The lowest BCUT2D eigenvalue weighted by Gasteiger charge is -2.32. The van der Waals surface area contributed by atoms with Crippen molar-refractivity contribution in [3.05, 3.63) is 22.4 Å². The van der Waals surface area contributed by atoms with Crippen LogP contribution in [-0.4, -0.2) is 56.3 Å². The number of morpholine rings is 1. The van der Waals surface area contributed by atoms with E-state index in [2.05, 4.69) is 51.2 Å². The number of rotatable bonds is 6. The van der Waals surface area contributed by atoms with Gasteiger partial charge in [0.15, 0.2) is 5.96 Å². The first-order chi connectivity index (χ1) is 10.3. The molecule has 2 rings (SSSR count). The molecule has 7 heteroatoms. The van der Waals surface area contributed by atoms with Gasteiger partial charge >= 0.3 is 0 Å². The summed E-state index contributed by atoms with van der Waals surface area (Å²) in [7, 11) is 0. The van der Waals surface area contributed by atoms with Crippen molar-refractivity contribution in [2.45, 2.75) is 26.4 Å². The Hall–Kier alpha value is -0.380. The zero-order chi connectivity index (χ0) is 14.9. The van der Waals surface area contributed by atoms with Gasteiger partial charge < -0.3 is 15.4 Å². The lowest BCUT2D eigenvalue weighted by molar-refractivity contribution is 0.0211. The highest BCUT2D eigenvalue weighted by Gasteiger charge is 2.16. The zero-order valence-corrected chi connectivity index (χ0v) is 16.5. The zero-order valence-electron chi connectivity index (χ0n) is 13.4. The molecule has 22 heavy (non-hydrogen) atoms. The van der Waals surface area contributed by atoms with Gasteiger partial charge in [-0.15, -0.1) is 24.0 Å². The number of halogens is 1. The Morgan fingerprint density at radius 1 is 1.41 bits per heavy atom. The predicted molar refractivity (Wildman–Crippen MR) is 104 cm³/mol. The number of aliphatic imine (C=N–C) groups is 1. The summed E-state index contributed by atoms with van der Waals surface area (Å²) in [5, 5.41) is 11.0. The van der Waals surface area contributed by atoms with Gasteiger partial charge in [0.05, 0.1) is 19.8 Å². The molecule has 1 aliphatic rings. The largest absolute Gasteiger partial charge is 0.379 e. The van der Waals surface area contributed by atoms with E-state index in [0.29, 0.717) is 6.04 Å². The number of nitrogens with one attached hydrogen (secondary N) is 2. The van der Waals surface area contributed by atoms with Gasteiger partial charge in [-0.2, -0.15) is 11.3 Å². The molecule has 1 saturated heterocycles. The standard InChI is InChI=1S/C15H26N4OS.HI/c1-3-16-15(18-11-14-4-9-21-12-14)17-10-13(2)19-5-7-20-8-6-19;/h4,9,12-13H,3,5-8,10-11H2,1-2H3,(H2,16,17,18);1H. The minimum absolute atomic E-state index is 0. The van der Waals surface area contributed by atoms with Gasteiger partial charge in [-0.25, -0.2) is 4.99 Å². The molecule has 0 aliphatic carbocycles. The van der Waals surface area contributed by atoms with Crippen LogP contribution in [0.3, 0.4) is 0 Å². The summed E-state index contributed by atoms with van der Waals surface area (Å²) in [6, 6.07) is 2.60. The Kier molecular flexibility index (Phi) is 10.0. The quantitative estimate of drug-likeness (QED) is 0.406. The van der Waals surface area contributed by atoms with E-state index in [9.17, 15) is 0 Å². The normalized spacial score (nSPS) is 17.6. The van der Waals surface area contributed by atoms with E-state index >= 15 is 0 Å². The van der Waals surface area contributed by atoms with Crippen LogP contribution in [0.2, 0.25) is 0 Å². The number of nitrogens with zero attached hydrogens (tertiary/aromatic N) is 2. The maximum Gasteiger partial charge on any atom is 0.191 e. The summed E-state index contributed by atoms with van der Waals surface area (Å²) < 4.78 is 5.40. The summed E-state index contributed by atoms with van der Waals surface area (Å²) in [6.45, 7) is 10.6. The van der Waals surface area contributed by atoms with Crippen LogP contribution in [0.4, 0.5) is 0 Å². The summed E-state index contributed by atoms with van der Waals surface area (Å²) in [5.41, 5.74) is 1.26. The van der Waals surface area contributed by atoms with E-state index in [1.54, 1.807) is 11.3 Å². The first-order valence-electron chi connectivity index (χ1n) is 7.64. The lowest BCUT2D eigenvalue weighted by Crippen LogP contribution is -2.49. The van der Waals surface area contributed by atoms with Gasteiger partial charge in [0, 0.05) is 32.2 Å². The van der Waals surface area contributed by atoms with Crippen LogP contribution in [-0.2, 0) is 11.3 Å². The highest BCUT2D eigenvalue weighted by molar-refractivity contribution is 14.0. The molecule has 1 unspecified atom stereocenters. The molecule has 0 spiro atoms. The van der Waals surface area contributed by atoms with Crippen molar-refractivity contribution in [2.24, 2.45) is 4.99 Å². The summed E-state index contributed by atoms with van der Waals surface area (Å²) in [4.78, 5) is 7.09. The van der Waals surface area contributed by atoms with Gasteiger partial charge in [0.2, 0.25) is 0 Å². The molecular weight excluding hydrogens is 411 g/mol. The van der Waals surface area contributed by atoms with Crippen LogP contribution in [0.5, 0.6) is 0 Å². The SMILES string of the molecule is CCNC(=NCc1ccsc1)NCC(C)N1CCOCC1.I. The smallest absolute Gasteiger partial charge is 0.191 e. The second-order valence-corrected chi connectivity index (χ2v) is 5.99. The molecule has 0 saturated carbocycles. The molecule has 1 aromatic rings. The van der Waals surface area contributed by atoms with E-state index in [0.717, 1.165) is 51.9 Å². The minimum atomic E-state index is 0. The first-order valence-corrected chi connectivity index (χ1v) is 8.59. The maximum absolute atomic E-state index is 5.40. The molecule has 1 aromatic heterocycles. The van der Waals surface area contributed by atoms with E-state index in [4.69, 9.17) is 4.74 Å². The van der Waals surface area contributed by atoms with E-state index in [-0.39, 0.29) is 24.0 Å². The Morgan fingerprint density at radius 3 is 2.82 bits per heavy atom. The summed E-state index contributed by atoms with van der Waals surface area (Å²) in [5.74, 6) is 0.892. The second kappa shape index (κ2) is 11.2. The third kappa shape index (κ3) is 6.80. The molecule has 2 N–H and O–H groups in total. The van der Waals surface area contributed by atoms with Crippen LogP contribution in [0, 0.1) is 0 Å². The number of hydrogen-bond acceptors (Lipinski definition) is 4. The molecule has 1 atom stereocenters. The topological polar surface area (TPSA) is 48.9 Å². The van der Waals surface area contributed by atoms with Crippen molar-refractivity contribution in [2.75, 3.05) is 39.4 Å². The number of hydrogen-bond donors (Lipinski definition) is 2. The highest BCUT2D eigenvalue weighted by Crippen LogP contribution is 2.07. The van der Waals surface area contributed by atoms with Gasteiger partial charge in [0.1, 0.15) is 0 Å². The number of ether oxygens (including phenoxy) is 1. The van der Waals surface area contributed by atoms with Crippen LogP contribution in [0.15, 0.2) is 21.8 Å². The molecule has 2 heterocycles. The van der Waals surface area contributed by atoms with Crippen molar-refractivity contribution in [1.29, 1.82) is 0 Å². The predicted octanol–water partition coefficient (Wildman–Crippen LogP) is 2.14. The van der Waals surface area contributed by atoms with E-state index in [1.165, 1.54) is 5.56 Å². The van der Waals surface area contributed by atoms with Crippen LogP contribution in [0.1, 0.15) is 19.4 Å². The number of guanidine groups is 1. The average molecular weight is 438 g/mol. The van der Waals surface area contributed by atoms with Crippen LogP contribution in [0.25, 0.3) is 0 Å². The van der Waals surface area contributed by atoms with Crippen molar-refractivity contribution >= 4 is 41.3 Å². The van der Waals surface area contributed by atoms with Gasteiger partial charge in [-0.05, 0) is 36.2 Å². The summed E-state index contributed by atoms with van der Waals surface area (Å²) >= 11 is 1.71. The average Bonchev–Trinajstić information content (AvgIpc) is 3.04. The fraction of sp³-hybridized carbons (Fsp3) is 0.667. The molecule has 0 amide bonds. The monoisotopic (exact) mass is 438 g/mol. The summed E-state index contributed by atoms with van der Waals surface area (Å²) in [6.07, 6.45) is 0.